The third-order valence-electron chi connectivity index (χ3n) is 2.42. The summed E-state index contributed by atoms with van der Waals surface area (Å²) in [6.07, 6.45) is 3.76. The third kappa shape index (κ3) is 1.75. The number of aliphatic hydroxyl groups is 1. The molecule has 1 fully saturated rings. The van der Waals surface area contributed by atoms with Crippen LogP contribution in [0.4, 0.5) is 0 Å². The lowest BCUT2D eigenvalue weighted by molar-refractivity contribution is -0.0618. The zero-order valence-corrected chi connectivity index (χ0v) is 8.38. The molecular weight excluding hydrogens is 186 g/mol. The fourth-order valence-electron chi connectivity index (χ4n) is 1.58. The highest BCUT2D eigenvalue weighted by molar-refractivity contribution is 7.09. The highest BCUT2D eigenvalue weighted by atomic mass is 32.1. The van der Waals surface area contributed by atoms with Crippen molar-refractivity contribution in [2.45, 2.75) is 31.5 Å². The number of hydrogen-bond donors (Lipinski definition) is 1. The molecule has 1 aromatic rings. The smallest absolute Gasteiger partial charge is 0.121 e. The lowest BCUT2D eigenvalue weighted by atomic mass is 10.0. The van der Waals surface area contributed by atoms with Gasteiger partial charge in [0.1, 0.15) is 11.1 Å². The van der Waals surface area contributed by atoms with Crippen LogP contribution < -0.4 is 0 Å². The molecule has 1 aromatic heterocycles. The first-order valence-electron chi connectivity index (χ1n) is 4.42. The van der Waals surface area contributed by atoms with Gasteiger partial charge in [-0.15, -0.1) is 11.3 Å². The van der Waals surface area contributed by atoms with Gasteiger partial charge in [-0.05, 0) is 19.8 Å². The number of rotatable bonds is 2. The van der Waals surface area contributed by atoms with E-state index in [1.54, 1.807) is 17.5 Å². The molecule has 0 bridgehead atoms. The van der Waals surface area contributed by atoms with Crippen LogP contribution in [0, 0.1) is 0 Å². The summed E-state index contributed by atoms with van der Waals surface area (Å²) in [5.74, 6) is 0. The maximum atomic E-state index is 9.10. The van der Waals surface area contributed by atoms with Gasteiger partial charge in [0, 0.05) is 11.6 Å². The van der Waals surface area contributed by atoms with Gasteiger partial charge in [0.15, 0.2) is 0 Å². The fourth-order valence-corrected chi connectivity index (χ4v) is 2.28. The second kappa shape index (κ2) is 3.36. The van der Waals surface area contributed by atoms with Gasteiger partial charge in [-0.2, -0.15) is 0 Å². The number of aliphatic hydroxyl groups excluding tert-OH is 1. The van der Waals surface area contributed by atoms with E-state index in [-0.39, 0.29) is 18.3 Å². The second-order valence-electron chi connectivity index (χ2n) is 3.62. The zero-order chi connectivity index (χ0) is 9.31. The standard InChI is InChI=1S/C9H13NO2S/c1-9(6-11)3-2-7(12-9)8-10-4-5-13-8/h4-5,7,11H,2-3,6H2,1H3. The number of hydrogen-bond acceptors (Lipinski definition) is 4. The van der Waals surface area contributed by atoms with Gasteiger partial charge in [0.2, 0.25) is 0 Å². The summed E-state index contributed by atoms with van der Waals surface area (Å²) in [5.41, 5.74) is -0.351. The maximum Gasteiger partial charge on any atom is 0.121 e. The quantitative estimate of drug-likeness (QED) is 0.789. The van der Waals surface area contributed by atoms with Gasteiger partial charge in [-0.25, -0.2) is 4.98 Å². The van der Waals surface area contributed by atoms with Gasteiger partial charge >= 0.3 is 0 Å². The molecule has 1 aliphatic rings. The zero-order valence-electron chi connectivity index (χ0n) is 7.56. The summed E-state index contributed by atoms with van der Waals surface area (Å²) in [7, 11) is 0. The van der Waals surface area contributed by atoms with Crippen LogP contribution >= 0.6 is 11.3 Å². The molecule has 4 heteroatoms. The van der Waals surface area contributed by atoms with E-state index < -0.39 is 0 Å². The summed E-state index contributed by atoms with van der Waals surface area (Å²) in [6.45, 7) is 2.04. The Kier molecular flexibility index (Phi) is 2.36. The Morgan fingerprint density at radius 1 is 1.85 bits per heavy atom. The molecule has 72 valence electrons. The first-order valence-corrected chi connectivity index (χ1v) is 5.29. The predicted molar refractivity (Wildman–Crippen MR) is 50.7 cm³/mol. The van der Waals surface area contributed by atoms with Gasteiger partial charge in [0.05, 0.1) is 12.2 Å². The number of aromatic nitrogens is 1. The van der Waals surface area contributed by atoms with Crippen LogP contribution in [0.3, 0.4) is 0 Å². The molecule has 0 spiro atoms. The van der Waals surface area contributed by atoms with Gasteiger partial charge in [-0.3, -0.25) is 0 Å². The Morgan fingerprint density at radius 3 is 3.23 bits per heavy atom. The minimum Gasteiger partial charge on any atom is -0.393 e. The summed E-state index contributed by atoms with van der Waals surface area (Å²) >= 11 is 1.61. The minimum absolute atomic E-state index is 0.0921. The first kappa shape index (κ1) is 9.12. The van der Waals surface area contributed by atoms with Crippen molar-refractivity contribution >= 4 is 11.3 Å². The van der Waals surface area contributed by atoms with E-state index >= 15 is 0 Å². The molecule has 2 unspecified atom stereocenters. The molecule has 0 amide bonds. The summed E-state index contributed by atoms with van der Waals surface area (Å²) in [6, 6.07) is 0. The monoisotopic (exact) mass is 199 g/mol. The Morgan fingerprint density at radius 2 is 2.69 bits per heavy atom. The van der Waals surface area contributed by atoms with Crippen LogP contribution in [0.5, 0.6) is 0 Å². The molecule has 0 radical (unpaired) electrons. The largest absolute Gasteiger partial charge is 0.393 e. The van der Waals surface area contributed by atoms with E-state index in [1.165, 1.54) is 0 Å². The summed E-state index contributed by atoms with van der Waals surface area (Å²) in [4.78, 5) is 4.21. The van der Waals surface area contributed by atoms with E-state index in [0.717, 1.165) is 17.8 Å². The Balaban J connectivity index is 2.07. The first-order chi connectivity index (χ1) is 6.23. The van der Waals surface area contributed by atoms with Crippen molar-refractivity contribution in [2.75, 3.05) is 6.61 Å². The average molecular weight is 199 g/mol. The molecule has 0 aliphatic carbocycles. The molecule has 1 aliphatic heterocycles. The van der Waals surface area contributed by atoms with Crippen molar-refractivity contribution in [2.24, 2.45) is 0 Å². The van der Waals surface area contributed by atoms with Gasteiger partial charge < -0.3 is 9.84 Å². The fraction of sp³-hybridized carbons (Fsp3) is 0.667. The minimum atomic E-state index is -0.351. The highest BCUT2D eigenvalue weighted by Crippen LogP contribution is 2.39. The Hall–Kier alpha value is -0.450. The molecule has 0 saturated carbocycles. The molecule has 1 saturated heterocycles. The molecule has 2 rings (SSSR count). The van der Waals surface area contributed by atoms with E-state index in [0.29, 0.717) is 0 Å². The number of ether oxygens (including phenoxy) is 1. The van der Waals surface area contributed by atoms with Gasteiger partial charge in [-0.1, -0.05) is 0 Å². The van der Waals surface area contributed by atoms with Crippen LogP contribution in [-0.4, -0.2) is 22.3 Å². The summed E-state index contributed by atoms with van der Waals surface area (Å²) in [5, 5.41) is 12.1. The SMILES string of the molecule is CC1(CO)CCC(c2nccs2)O1. The van der Waals surface area contributed by atoms with Crippen LogP contribution in [0.15, 0.2) is 11.6 Å². The third-order valence-corrected chi connectivity index (χ3v) is 3.29. The van der Waals surface area contributed by atoms with Crippen molar-refractivity contribution in [1.82, 2.24) is 4.98 Å². The van der Waals surface area contributed by atoms with E-state index in [4.69, 9.17) is 9.84 Å². The molecule has 3 nitrogen and oxygen atoms in total. The van der Waals surface area contributed by atoms with E-state index in [2.05, 4.69) is 4.98 Å². The maximum absolute atomic E-state index is 9.10. The van der Waals surface area contributed by atoms with Crippen molar-refractivity contribution < 1.29 is 9.84 Å². The second-order valence-corrected chi connectivity index (χ2v) is 4.55. The Labute approximate surface area is 81.4 Å². The normalized spacial score (nSPS) is 33.8. The van der Waals surface area contributed by atoms with E-state index in [1.807, 2.05) is 12.3 Å². The molecule has 1 N–H and O–H groups in total. The lowest BCUT2D eigenvalue weighted by Gasteiger charge is -2.21. The molecular formula is C9H13NO2S. The van der Waals surface area contributed by atoms with Crippen LogP contribution in [0.1, 0.15) is 30.9 Å². The average Bonchev–Trinajstić information content (AvgIpc) is 2.73. The summed E-state index contributed by atoms with van der Waals surface area (Å²) < 4.78 is 5.74. The Bertz CT molecular complexity index is 275. The molecule has 2 heterocycles. The van der Waals surface area contributed by atoms with Crippen LogP contribution in [-0.2, 0) is 4.74 Å². The van der Waals surface area contributed by atoms with Crippen molar-refractivity contribution in [1.29, 1.82) is 0 Å². The molecule has 2 atom stereocenters. The van der Waals surface area contributed by atoms with E-state index in [9.17, 15) is 0 Å². The molecule has 0 aromatic carbocycles. The van der Waals surface area contributed by atoms with Crippen LogP contribution in [0.2, 0.25) is 0 Å². The lowest BCUT2D eigenvalue weighted by Crippen LogP contribution is -2.27. The van der Waals surface area contributed by atoms with Crippen LogP contribution in [0.25, 0.3) is 0 Å². The van der Waals surface area contributed by atoms with Crippen molar-refractivity contribution in [3.8, 4) is 0 Å². The topological polar surface area (TPSA) is 42.4 Å². The van der Waals surface area contributed by atoms with Gasteiger partial charge in [0.25, 0.3) is 0 Å². The number of nitrogens with zero attached hydrogens (tertiary/aromatic N) is 1. The van der Waals surface area contributed by atoms with Crippen molar-refractivity contribution in [3.63, 3.8) is 0 Å². The predicted octanol–water partition coefficient (Wildman–Crippen LogP) is 1.75. The number of thiazole rings is 1. The molecule has 13 heavy (non-hydrogen) atoms. The highest BCUT2D eigenvalue weighted by Gasteiger charge is 2.37. The van der Waals surface area contributed by atoms with Crippen molar-refractivity contribution in [3.05, 3.63) is 16.6 Å².